The first-order valence-electron chi connectivity index (χ1n) is 6.16. The molecule has 0 saturated carbocycles. The molecule has 1 fully saturated rings. The van der Waals surface area contributed by atoms with Crippen molar-refractivity contribution in [3.63, 3.8) is 0 Å². The molecule has 1 aromatic heterocycles. The van der Waals surface area contributed by atoms with Crippen LogP contribution in [0.25, 0.3) is 0 Å². The Balaban J connectivity index is 1.97. The molecule has 0 aromatic carbocycles. The topological polar surface area (TPSA) is 42.2 Å². The Kier molecular flexibility index (Phi) is 3.82. The van der Waals surface area contributed by atoms with E-state index in [1.807, 2.05) is 6.92 Å². The summed E-state index contributed by atoms with van der Waals surface area (Å²) in [5.41, 5.74) is 6.85. The fourth-order valence-corrected chi connectivity index (χ4v) is 3.25. The quantitative estimate of drug-likeness (QED) is 0.878. The largest absolute Gasteiger partial charge is 0.348 e. The Bertz CT molecular complexity index is 335. The van der Waals surface area contributed by atoms with Crippen molar-refractivity contribution in [2.24, 2.45) is 11.7 Å². The van der Waals surface area contributed by atoms with Crippen molar-refractivity contribution < 1.29 is 0 Å². The van der Waals surface area contributed by atoms with Crippen molar-refractivity contribution in [3.05, 3.63) is 11.1 Å². The number of nitrogens with two attached hydrogens (primary N) is 1. The fraction of sp³-hybridized carbons (Fsp3) is 0.750. The van der Waals surface area contributed by atoms with E-state index in [2.05, 4.69) is 22.2 Å². The molecular formula is C12H21N3S. The standard InChI is InChI=1S/C12H21N3S/c1-3-4-10-5-6-15(7-10)12-14-11(8-16-12)9(2)13/h8-10H,3-7,13H2,1-2H3. The zero-order chi connectivity index (χ0) is 11.5. The average Bonchev–Trinajstić information content (AvgIpc) is 2.84. The van der Waals surface area contributed by atoms with Crippen LogP contribution in [0.3, 0.4) is 0 Å². The summed E-state index contributed by atoms with van der Waals surface area (Å²) in [6, 6.07) is 0.0547. The first-order chi connectivity index (χ1) is 7.70. The van der Waals surface area contributed by atoms with Gasteiger partial charge < -0.3 is 10.6 Å². The Morgan fingerprint density at radius 2 is 2.50 bits per heavy atom. The zero-order valence-corrected chi connectivity index (χ0v) is 11.0. The smallest absolute Gasteiger partial charge is 0.185 e. The summed E-state index contributed by atoms with van der Waals surface area (Å²) in [4.78, 5) is 7.02. The molecule has 1 saturated heterocycles. The Morgan fingerprint density at radius 1 is 1.69 bits per heavy atom. The lowest BCUT2D eigenvalue weighted by atomic mass is 10.0. The molecule has 2 N–H and O–H groups in total. The van der Waals surface area contributed by atoms with Gasteiger partial charge in [-0.05, 0) is 25.7 Å². The summed E-state index contributed by atoms with van der Waals surface area (Å²) in [6.07, 6.45) is 3.96. The highest BCUT2D eigenvalue weighted by Crippen LogP contribution is 2.29. The summed E-state index contributed by atoms with van der Waals surface area (Å²) in [6.45, 7) is 6.60. The van der Waals surface area contributed by atoms with E-state index in [4.69, 9.17) is 5.73 Å². The van der Waals surface area contributed by atoms with Gasteiger partial charge in [-0.25, -0.2) is 4.98 Å². The van der Waals surface area contributed by atoms with Crippen LogP contribution < -0.4 is 10.6 Å². The maximum atomic E-state index is 5.83. The molecule has 0 radical (unpaired) electrons. The van der Waals surface area contributed by atoms with Crippen LogP contribution in [0.4, 0.5) is 5.13 Å². The third-order valence-electron chi connectivity index (χ3n) is 3.23. The van der Waals surface area contributed by atoms with Gasteiger partial charge >= 0.3 is 0 Å². The third kappa shape index (κ3) is 2.55. The molecule has 2 rings (SSSR count). The van der Waals surface area contributed by atoms with Crippen LogP contribution in [0, 0.1) is 5.92 Å². The number of anilines is 1. The van der Waals surface area contributed by atoms with Crippen LogP contribution in [-0.2, 0) is 0 Å². The molecule has 0 aliphatic carbocycles. The Hall–Kier alpha value is -0.610. The lowest BCUT2D eigenvalue weighted by Gasteiger charge is -2.14. The van der Waals surface area contributed by atoms with E-state index < -0.39 is 0 Å². The number of hydrogen-bond acceptors (Lipinski definition) is 4. The second-order valence-electron chi connectivity index (χ2n) is 4.73. The average molecular weight is 239 g/mol. The van der Waals surface area contributed by atoms with Gasteiger partial charge in [-0.3, -0.25) is 0 Å². The molecule has 3 nitrogen and oxygen atoms in total. The van der Waals surface area contributed by atoms with E-state index in [0.717, 1.165) is 23.3 Å². The van der Waals surface area contributed by atoms with Crippen molar-refractivity contribution in [1.82, 2.24) is 4.98 Å². The van der Waals surface area contributed by atoms with Gasteiger partial charge in [-0.15, -0.1) is 11.3 Å². The van der Waals surface area contributed by atoms with Crippen LogP contribution in [0.5, 0.6) is 0 Å². The van der Waals surface area contributed by atoms with Gasteiger partial charge in [0.1, 0.15) is 0 Å². The van der Waals surface area contributed by atoms with E-state index in [1.165, 1.54) is 25.8 Å². The van der Waals surface area contributed by atoms with Gasteiger partial charge in [0.05, 0.1) is 5.69 Å². The summed E-state index contributed by atoms with van der Waals surface area (Å²) in [5, 5.41) is 3.25. The van der Waals surface area contributed by atoms with Crippen molar-refractivity contribution in [3.8, 4) is 0 Å². The van der Waals surface area contributed by atoms with Crippen LogP contribution in [0.1, 0.15) is 44.8 Å². The Labute approximate surface area is 102 Å². The van der Waals surface area contributed by atoms with Gasteiger partial charge in [-0.2, -0.15) is 0 Å². The first kappa shape index (κ1) is 11.9. The number of thiazole rings is 1. The summed E-state index contributed by atoms with van der Waals surface area (Å²) in [5.74, 6) is 0.868. The molecule has 16 heavy (non-hydrogen) atoms. The Morgan fingerprint density at radius 3 is 3.12 bits per heavy atom. The van der Waals surface area contributed by atoms with Crippen LogP contribution >= 0.6 is 11.3 Å². The minimum absolute atomic E-state index is 0.0547. The number of hydrogen-bond donors (Lipinski definition) is 1. The van der Waals surface area contributed by atoms with Crippen LogP contribution in [-0.4, -0.2) is 18.1 Å². The molecule has 90 valence electrons. The monoisotopic (exact) mass is 239 g/mol. The number of aromatic nitrogens is 1. The molecule has 4 heteroatoms. The van der Waals surface area contributed by atoms with Gasteiger partial charge in [0.2, 0.25) is 0 Å². The second-order valence-corrected chi connectivity index (χ2v) is 5.57. The zero-order valence-electron chi connectivity index (χ0n) is 10.1. The van der Waals surface area contributed by atoms with Crippen molar-refractivity contribution in [2.45, 2.75) is 39.2 Å². The normalized spacial score (nSPS) is 22.7. The second kappa shape index (κ2) is 5.15. The van der Waals surface area contributed by atoms with Gasteiger partial charge in [0.25, 0.3) is 0 Å². The molecule has 0 bridgehead atoms. The fourth-order valence-electron chi connectivity index (χ4n) is 2.28. The molecule has 2 heterocycles. The summed E-state index contributed by atoms with van der Waals surface area (Å²) in [7, 11) is 0. The summed E-state index contributed by atoms with van der Waals surface area (Å²) >= 11 is 1.73. The van der Waals surface area contributed by atoms with Crippen molar-refractivity contribution in [2.75, 3.05) is 18.0 Å². The van der Waals surface area contributed by atoms with Crippen LogP contribution in [0.15, 0.2) is 5.38 Å². The maximum Gasteiger partial charge on any atom is 0.185 e. The predicted octanol–water partition coefficient (Wildman–Crippen LogP) is 2.79. The number of nitrogens with zero attached hydrogens (tertiary/aromatic N) is 2. The molecule has 1 aliphatic heterocycles. The highest BCUT2D eigenvalue weighted by Gasteiger charge is 2.23. The minimum atomic E-state index is 0.0547. The van der Waals surface area contributed by atoms with Gasteiger partial charge in [0.15, 0.2) is 5.13 Å². The SMILES string of the molecule is CCCC1CCN(c2nc(C(C)N)cs2)C1. The van der Waals surface area contributed by atoms with Gasteiger partial charge in [0, 0.05) is 24.5 Å². The minimum Gasteiger partial charge on any atom is -0.348 e. The van der Waals surface area contributed by atoms with E-state index in [-0.39, 0.29) is 6.04 Å². The maximum absolute atomic E-state index is 5.83. The van der Waals surface area contributed by atoms with Crippen molar-refractivity contribution >= 4 is 16.5 Å². The van der Waals surface area contributed by atoms with E-state index in [0.29, 0.717) is 0 Å². The molecule has 0 spiro atoms. The molecule has 2 unspecified atom stereocenters. The summed E-state index contributed by atoms with van der Waals surface area (Å²) < 4.78 is 0. The van der Waals surface area contributed by atoms with Gasteiger partial charge in [-0.1, -0.05) is 13.3 Å². The highest BCUT2D eigenvalue weighted by atomic mass is 32.1. The van der Waals surface area contributed by atoms with Crippen molar-refractivity contribution in [1.29, 1.82) is 0 Å². The lowest BCUT2D eigenvalue weighted by molar-refractivity contribution is 0.529. The van der Waals surface area contributed by atoms with E-state index in [1.54, 1.807) is 11.3 Å². The predicted molar refractivity (Wildman–Crippen MR) is 69.9 cm³/mol. The first-order valence-corrected chi connectivity index (χ1v) is 7.04. The highest BCUT2D eigenvalue weighted by molar-refractivity contribution is 7.13. The molecule has 2 atom stereocenters. The number of rotatable bonds is 4. The molecule has 1 aromatic rings. The lowest BCUT2D eigenvalue weighted by Crippen LogP contribution is -2.19. The molecular weight excluding hydrogens is 218 g/mol. The third-order valence-corrected chi connectivity index (χ3v) is 4.15. The molecule has 1 aliphatic rings. The van der Waals surface area contributed by atoms with E-state index >= 15 is 0 Å². The molecule has 0 amide bonds. The van der Waals surface area contributed by atoms with E-state index in [9.17, 15) is 0 Å². The van der Waals surface area contributed by atoms with Crippen LogP contribution in [0.2, 0.25) is 0 Å².